The molecule has 0 radical (unpaired) electrons. The highest BCUT2D eigenvalue weighted by atomic mass is 19.3. The number of benzene rings is 2. The zero-order valence-electron chi connectivity index (χ0n) is 19.0. The molecule has 0 saturated heterocycles. The fraction of sp³-hybridized carbons (Fsp3) is 0.320. The summed E-state index contributed by atoms with van der Waals surface area (Å²) in [5.74, 6) is -0.262. The van der Waals surface area contributed by atoms with Crippen molar-refractivity contribution in [1.82, 2.24) is 9.99 Å². The molecule has 2 heterocycles. The molecule has 184 valence electrons. The van der Waals surface area contributed by atoms with Crippen LogP contribution in [0.5, 0.6) is 5.75 Å². The molecule has 6 nitrogen and oxygen atoms in total. The number of para-hydroxylation sites is 1. The van der Waals surface area contributed by atoms with Crippen LogP contribution >= 0.6 is 0 Å². The van der Waals surface area contributed by atoms with Crippen molar-refractivity contribution in [3.8, 4) is 17.0 Å². The number of nitrogens with zero attached hydrogens (tertiary/aromatic N) is 3. The van der Waals surface area contributed by atoms with Gasteiger partial charge in [-0.3, -0.25) is 4.79 Å². The molecule has 1 aliphatic rings. The highest BCUT2D eigenvalue weighted by Gasteiger charge is 2.53. The Hall–Kier alpha value is -3.53. The molecule has 0 aliphatic carbocycles. The van der Waals surface area contributed by atoms with E-state index in [0.29, 0.717) is 40.4 Å². The molecule has 1 atom stereocenters. The largest absolute Gasteiger partial charge is 0.493 e. The van der Waals surface area contributed by atoms with Gasteiger partial charge in [0.25, 0.3) is 18.8 Å². The summed E-state index contributed by atoms with van der Waals surface area (Å²) in [6.45, 7) is 4.50. The van der Waals surface area contributed by atoms with Gasteiger partial charge in [-0.15, -0.1) is 0 Å². The number of fused-ring (bicyclic) bond motifs is 1. The Morgan fingerprint density at radius 1 is 1.11 bits per heavy atom. The third kappa shape index (κ3) is 4.84. The first-order valence-corrected chi connectivity index (χ1v) is 10.9. The number of hydrogen-bond acceptors (Lipinski definition) is 5. The van der Waals surface area contributed by atoms with E-state index in [-0.39, 0.29) is 10.6 Å². The maximum Gasteiger partial charge on any atom is 0.287 e. The van der Waals surface area contributed by atoms with Crippen molar-refractivity contribution in [2.24, 2.45) is 11.0 Å². The van der Waals surface area contributed by atoms with E-state index in [1.54, 1.807) is 48.5 Å². The van der Waals surface area contributed by atoms with Crippen LogP contribution in [0.3, 0.4) is 0 Å². The van der Waals surface area contributed by atoms with E-state index in [9.17, 15) is 27.5 Å². The van der Waals surface area contributed by atoms with Crippen molar-refractivity contribution in [2.75, 3.05) is 6.61 Å². The normalized spacial score (nSPS) is 18.1. The summed E-state index contributed by atoms with van der Waals surface area (Å²) in [6.07, 6.45) is -7.87. The SMILES string of the molecule is CC(C)COc1cccc(-c2cc(C(=O)N3N=C(C(F)F)C[C@]3(O)C(F)F)c3ccccc3n2)c1. The number of alkyl halides is 4. The summed E-state index contributed by atoms with van der Waals surface area (Å²) >= 11 is 0. The number of halogens is 4. The van der Waals surface area contributed by atoms with Crippen LogP contribution in [0.1, 0.15) is 30.6 Å². The number of pyridine rings is 1. The van der Waals surface area contributed by atoms with Gasteiger partial charge in [-0.25, -0.2) is 22.5 Å². The molecule has 1 N–H and O–H groups in total. The topological polar surface area (TPSA) is 75.0 Å². The van der Waals surface area contributed by atoms with Gasteiger partial charge in [-0.2, -0.15) is 10.1 Å². The molecular weight excluding hydrogens is 466 g/mol. The number of ether oxygens (including phenoxy) is 1. The predicted octanol–water partition coefficient (Wildman–Crippen LogP) is 5.36. The Morgan fingerprint density at radius 2 is 1.86 bits per heavy atom. The van der Waals surface area contributed by atoms with Crippen LogP contribution in [0.4, 0.5) is 17.6 Å². The number of hydrogen-bond donors (Lipinski definition) is 1. The Kier molecular flexibility index (Phi) is 6.75. The first kappa shape index (κ1) is 24.6. The maximum atomic E-state index is 13.7. The first-order chi connectivity index (χ1) is 16.6. The van der Waals surface area contributed by atoms with Crippen molar-refractivity contribution < 1.29 is 32.2 Å². The van der Waals surface area contributed by atoms with Crippen molar-refractivity contribution in [3.63, 3.8) is 0 Å². The van der Waals surface area contributed by atoms with Crippen LogP contribution in [0.2, 0.25) is 0 Å². The average molecular weight is 489 g/mol. The van der Waals surface area contributed by atoms with E-state index in [0.717, 1.165) is 0 Å². The number of hydrazone groups is 1. The fourth-order valence-electron chi connectivity index (χ4n) is 3.73. The molecule has 0 fully saturated rings. The van der Waals surface area contributed by atoms with Crippen molar-refractivity contribution in [3.05, 3.63) is 60.2 Å². The number of amides is 1. The van der Waals surface area contributed by atoms with Crippen LogP contribution in [0.25, 0.3) is 22.2 Å². The van der Waals surface area contributed by atoms with Gasteiger partial charge in [0.15, 0.2) is 0 Å². The highest BCUT2D eigenvalue weighted by Crippen LogP contribution is 2.36. The lowest BCUT2D eigenvalue weighted by Crippen LogP contribution is -2.51. The summed E-state index contributed by atoms with van der Waals surface area (Å²) < 4.78 is 59.7. The van der Waals surface area contributed by atoms with E-state index in [1.807, 2.05) is 13.8 Å². The van der Waals surface area contributed by atoms with E-state index >= 15 is 0 Å². The molecule has 4 rings (SSSR count). The van der Waals surface area contributed by atoms with Gasteiger partial charge in [0, 0.05) is 17.4 Å². The van der Waals surface area contributed by atoms with Crippen LogP contribution in [-0.4, -0.2) is 51.9 Å². The predicted molar refractivity (Wildman–Crippen MR) is 123 cm³/mol. The molecule has 3 aromatic rings. The molecule has 1 aromatic heterocycles. The van der Waals surface area contributed by atoms with E-state index in [4.69, 9.17) is 4.74 Å². The highest BCUT2D eigenvalue weighted by molar-refractivity contribution is 6.08. The maximum absolute atomic E-state index is 13.7. The summed E-state index contributed by atoms with van der Waals surface area (Å²) in [4.78, 5) is 18.0. The quantitative estimate of drug-likeness (QED) is 0.454. The van der Waals surface area contributed by atoms with Gasteiger partial charge in [0.1, 0.15) is 11.5 Å². The Bertz CT molecular complexity index is 1280. The van der Waals surface area contributed by atoms with E-state index in [2.05, 4.69) is 10.1 Å². The van der Waals surface area contributed by atoms with Crippen molar-refractivity contribution in [1.29, 1.82) is 0 Å². The zero-order chi connectivity index (χ0) is 25.3. The molecule has 0 unspecified atom stereocenters. The van der Waals surface area contributed by atoms with Crippen LogP contribution in [-0.2, 0) is 0 Å². The fourth-order valence-corrected chi connectivity index (χ4v) is 3.73. The number of carbonyl (C=O) groups excluding carboxylic acids is 1. The van der Waals surface area contributed by atoms with Gasteiger partial charge in [-0.1, -0.05) is 44.2 Å². The lowest BCUT2D eigenvalue weighted by Gasteiger charge is -2.30. The molecule has 0 spiro atoms. The molecule has 1 aliphatic heterocycles. The Labute approximate surface area is 198 Å². The minimum absolute atomic E-state index is 0.0624. The minimum atomic E-state index is -3.52. The van der Waals surface area contributed by atoms with Crippen molar-refractivity contribution in [2.45, 2.75) is 38.8 Å². The molecule has 0 saturated carbocycles. The van der Waals surface area contributed by atoms with Crippen molar-refractivity contribution >= 4 is 22.5 Å². The lowest BCUT2D eigenvalue weighted by molar-refractivity contribution is -0.164. The van der Waals surface area contributed by atoms with Crippen LogP contribution in [0.15, 0.2) is 59.7 Å². The van der Waals surface area contributed by atoms with E-state index in [1.165, 1.54) is 6.07 Å². The van der Waals surface area contributed by atoms with Gasteiger partial charge in [0.05, 0.1) is 23.4 Å². The summed E-state index contributed by atoms with van der Waals surface area (Å²) in [7, 11) is 0. The minimum Gasteiger partial charge on any atom is -0.493 e. The number of carbonyl (C=O) groups is 1. The van der Waals surface area contributed by atoms with Crippen LogP contribution in [0, 0.1) is 5.92 Å². The summed E-state index contributed by atoms with van der Waals surface area (Å²) in [6, 6.07) is 14.9. The number of aromatic nitrogens is 1. The Morgan fingerprint density at radius 3 is 2.54 bits per heavy atom. The first-order valence-electron chi connectivity index (χ1n) is 10.9. The van der Waals surface area contributed by atoms with Gasteiger partial charge >= 0.3 is 0 Å². The Balaban J connectivity index is 1.81. The third-order valence-corrected chi connectivity index (χ3v) is 5.49. The monoisotopic (exact) mass is 489 g/mol. The second-order valence-corrected chi connectivity index (χ2v) is 8.67. The molecule has 2 aromatic carbocycles. The lowest BCUT2D eigenvalue weighted by atomic mass is 10.0. The number of rotatable bonds is 7. The second kappa shape index (κ2) is 9.61. The summed E-state index contributed by atoms with van der Waals surface area (Å²) in [5, 5.41) is 14.2. The van der Waals surface area contributed by atoms with Gasteiger partial charge < -0.3 is 9.84 Å². The standard InChI is InChI=1S/C25H23F4N3O3/c1-14(2)13-35-16-7-5-6-15(10-16)20-11-18(17-8-3-4-9-19(17)30-20)23(33)32-25(34,24(28)29)12-21(31-32)22(26)27/h3-11,14,22,24,34H,12-13H2,1-2H3/t25-/m0/s1. The third-order valence-electron chi connectivity index (χ3n) is 5.49. The zero-order valence-corrected chi connectivity index (χ0v) is 19.0. The molecule has 35 heavy (non-hydrogen) atoms. The summed E-state index contributed by atoms with van der Waals surface area (Å²) in [5.41, 5.74) is -2.99. The smallest absolute Gasteiger partial charge is 0.287 e. The second-order valence-electron chi connectivity index (χ2n) is 8.67. The average Bonchev–Trinajstić information content (AvgIpc) is 3.21. The van der Waals surface area contributed by atoms with Gasteiger partial charge in [-0.05, 0) is 30.2 Å². The molecule has 1 amide bonds. The van der Waals surface area contributed by atoms with E-state index < -0.39 is 36.6 Å². The number of aliphatic hydroxyl groups is 1. The molecular formula is C25H23F4N3O3. The molecule has 10 heteroatoms. The molecule has 0 bridgehead atoms. The van der Waals surface area contributed by atoms with Crippen LogP contribution < -0.4 is 4.74 Å². The van der Waals surface area contributed by atoms with Gasteiger partial charge in [0.2, 0.25) is 5.72 Å².